The number of epoxide rings is 1. The van der Waals surface area contributed by atoms with Crippen LogP contribution in [-0.2, 0) is 21.5 Å². The third kappa shape index (κ3) is 4.19. The molecular formula is C22H24BrNO3. The van der Waals surface area contributed by atoms with Crippen molar-refractivity contribution >= 4 is 22.0 Å². The summed E-state index contributed by atoms with van der Waals surface area (Å²) in [5.41, 5.74) is 1.49. The van der Waals surface area contributed by atoms with E-state index >= 15 is 0 Å². The van der Waals surface area contributed by atoms with Crippen molar-refractivity contribution in [2.45, 2.75) is 37.4 Å². The third-order valence-electron chi connectivity index (χ3n) is 5.51. The first-order chi connectivity index (χ1) is 13.0. The Hall–Kier alpha value is -1.85. The van der Waals surface area contributed by atoms with Crippen LogP contribution in [0.3, 0.4) is 0 Å². The second kappa shape index (κ2) is 7.28. The first-order valence-corrected chi connectivity index (χ1v) is 10.2. The van der Waals surface area contributed by atoms with E-state index < -0.39 is 5.60 Å². The number of hydrogen-bond acceptors (Lipinski definition) is 3. The van der Waals surface area contributed by atoms with E-state index in [2.05, 4.69) is 47.1 Å². The molecule has 1 amide bonds. The molecule has 2 saturated heterocycles. The largest absolute Gasteiger partial charge is 0.438 e. The van der Waals surface area contributed by atoms with Gasteiger partial charge in [-0.3, -0.25) is 0 Å². The molecule has 5 heteroatoms. The van der Waals surface area contributed by atoms with Crippen molar-refractivity contribution in [3.63, 3.8) is 0 Å². The number of halogens is 1. The summed E-state index contributed by atoms with van der Waals surface area (Å²) in [5, 5.41) is 0. The number of rotatable bonds is 6. The second-order valence-corrected chi connectivity index (χ2v) is 8.67. The van der Waals surface area contributed by atoms with Crippen LogP contribution in [0.1, 0.15) is 30.9 Å². The van der Waals surface area contributed by atoms with Gasteiger partial charge in [-0.15, -0.1) is 0 Å². The summed E-state index contributed by atoms with van der Waals surface area (Å²) in [6.07, 6.45) is 2.08. The SMILES string of the molecule is CC1(C[C@]2(c3ccccc3)CCN(CCc3ccc(Br)cc3)C(=O)O2)CO1. The van der Waals surface area contributed by atoms with Gasteiger partial charge in [0.05, 0.1) is 12.2 Å². The fraction of sp³-hybridized carbons (Fsp3) is 0.409. The highest BCUT2D eigenvalue weighted by molar-refractivity contribution is 9.10. The van der Waals surface area contributed by atoms with Crippen LogP contribution >= 0.6 is 15.9 Å². The molecule has 1 unspecified atom stereocenters. The van der Waals surface area contributed by atoms with Crippen molar-refractivity contribution in [3.8, 4) is 0 Å². The van der Waals surface area contributed by atoms with Crippen molar-refractivity contribution in [2.24, 2.45) is 0 Å². The lowest BCUT2D eigenvalue weighted by Gasteiger charge is -2.42. The number of amides is 1. The summed E-state index contributed by atoms with van der Waals surface area (Å²) in [5.74, 6) is 0. The zero-order chi connectivity index (χ0) is 18.9. The summed E-state index contributed by atoms with van der Waals surface area (Å²) >= 11 is 3.45. The molecule has 2 atom stereocenters. The molecular weight excluding hydrogens is 406 g/mol. The lowest BCUT2D eigenvalue weighted by molar-refractivity contribution is -0.0681. The summed E-state index contributed by atoms with van der Waals surface area (Å²) in [6, 6.07) is 18.3. The van der Waals surface area contributed by atoms with Crippen LogP contribution in [0.15, 0.2) is 59.1 Å². The first-order valence-electron chi connectivity index (χ1n) is 9.40. The van der Waals surface area contributed by atoms with Crippen molar-refractivity contribution in [3.05, 3.63) is 70.2 Å². The number of cyclic esters (lactones) is 1. The van der Waals surface area contributed by atoms with Crippen molar-refractivity contribution < 1.29 is 14.3 Å². The maximum atomic E-state index is 12.8. The summed E-state index contributed by atoms with van der Waals surface area (Å²) in [4.78, 5) is 14.6. The average molecular weight is 430 g/mol. The molecule has 2 aliphatic rings. The van der Waals surface area contributed by atoms with E-state index in [0.29, 0.717) is 19.5 Å². The van der Waals surface area contributed by atoms with Crippen LogP contribution in [0, 0.1) is 0 Å². The van der Waals surface area contributed by atoms with E-state index in [-0.39, 0.29) is 11.7 Å². The highest BCUT2D eigenvalue weighted by atomic mass is 79.9. The standard InChI is InChI=1S/C22H24BrNO3/c1-21(16-26-21)15-22(18-5-3-2-4-6-18)12-14-24(20(25)27-22)13-11-17-7-9-19(23)10-8-17/h2-10H,11-16H2,1H3/t21?,22-/m0/s1. The molecule has 2 heterocycles. The molecule has 2 aliphatic heterocycles. The average Bonchev–Trinajstić information content (AvgIpc) is 3.39. The fourth-order valence-electron chi connectivity index (χ4n) is 3.81. The van der Waals surface area contributed by atoms with E-state index in [9.17, 15) is 4.79 Å². The Bertz CT molecular complexity index is 804. The third-order valence-corrected chi connectivity index (χ3v) is 6.04. The van der Waals surface area contributed by atoms with Crippen molar-refractivity contribution in [2.75, 3.05) is 19.7 Å². The van der Waals surface area contributed by atoms with E-state index in [4.69, 9.17) is 9.47 Å². The van der Waals surface area contributed by atoms with Crippen LogP contribution in [0.2, 0.25) is 0 Å². The zero-order valence-electron chi connectivity index (χ0n) is 15.5. The van der Waals surface area contributed by atoms with E-state index in [0.717, 1.165) is 29.5 Å². The fourth-order valence-corrected chi connectivity index (χ4v) is 4.07. The van der Waals surface area contributed by atoms with Gasteiger partial charge in [-0.1, -0.05) is 58.4 Å². The van der Waals surface area contributed by atoms with E-state index in [1.54, 1.807) is 0 Å². The number of benzene rings is 2. The number of ether oxygens (including phenoxy) is 2. The molecule has 0 aromatic heterocycles. The van der Waals surface area contributed by atoms with Crippen molar-refractivity contribution in [1.29, 1.82) is 0 Å². The second-order valence-electron chi connectivity index (χ2n) is 7.76. The maximum absolute atomic E-state index is 12.8. The van der Waals surface area contributed by atoms with Crippen LogP contribution in [0.5, 0.6) is 0 Å². The van der Waals surface area contributed by atoms with Crippen LogP contribution < -0.4 is 0 Å². The molecule has 2 fully saturated rings. The molecule has 0 aliphatic carbocycles. The smallest absolute Gasteiger partial charge is 0.410 e. The zero-order valence-corrected chi connectivity index (χ0v) is 17.1. The molecule has 2 aromatic rings. The Morgan fingerprint density at radius 3 is 2.44 bits per heavy atom. The number of carbonyl (C=O) groups is 1. The minimum absolute atomic E-state index is 0.185. The minimum atomic E-state index is -0.599. The lowest BCUT2D eigenvalue weighted by Crippen LogP contribution is -2.50. The minimum Gasteiger partial charge on any atom is -0.438 e. The lowest BCUT2D eigenvalue weighted by atomic mass is 9.81. The van der Waals surface area contributed by atoms with Gasteiger partial charge in [0.25, 0.3) is 0 Å². The van der Waals surface area contributed by atoms with E-state index in [1.807, 2.05) is 35.2 Å². The molecule has 142 valence electrons. The monoisotopic (exact) mass is 429 g/mol. The summed E-state index contributed by atoms with van der Waals surface area (Å²) in [7, 11) is 0. The van der Waals surface area contributed by atoms with Crippen molar-refractivity contribution in [1.82, 2.24) is 4.90 Å². The molecule has 0 bridgehead atoms. The predicted molar refractivity (Wildman–Crippen MR) is 108 cm³/mol. The molecule has 0 N–H and O–H groups in total. The van der Waals surface area contributed by atoms with Gasteiger partial charge in [-0.2, -0.15) is 0 Å². The van der Waals surface area contributed by atoms with Crippen LogP contribution in [0.25, 0.3) is 0 Å². The van der Waals surface area contributed by atoms with Gasteiger partial charge in [0.15, 0.2) is 0 Å². The van der Waals surface area contributed by atoms with Gasteiger partial charge in [0.2, 0.25) is 0 Å². The van der Waals surface area contributed by atoms with Gasteiger partial charge in [-0.05, 0) is 36.6 Å². The highest BCUT2D eigenvalue weighted by Crippen LogP contribution is 2.45. The molecule has 2 aromatic carbocycles. The Morgan fingerprint density at radius 1 is 1.11 bits per heavy atom. The molecule has 0 saturated carbocycles. The maximum Gasteiger partial charge on any atom is 0.410 e. The Balaban J connectivity index is 1.46. The number of nitrogens with zero attached hydrogens (tertiary/aromatic N) is 1. The molecule has 0 spiro atoms. The summed E-state index contributed by atoms with van der Waals surface area (Å²) in [6.45, 7) is 4.18. The Kier molecular flexibility index (Phi) is 4.99. The van der Waals surface area contributed by atoms with Gasteiger partial charge in [0, 0.05) is 30.4 Å². The van der Waals surface area contributed by atoms with E-state index in [1.165, 1.54) is 5.56 Å². The molecule has 27 heavy (non-hydrogen) atoms. The van der Waals surface area contributed by atoms with Crippen LogP contribution in [0.4, 0.5) is 4.79 Å². The Morgan fingerprint density at radius 2 is 1.81 bits per heavy atom. The van der Waals surface area contributed by atoms with Gasteiger partial charge < -0.3 is 14.4 Å². The first kappa shape index (κ1) is 18.5. The molecule has 0 radical (unpaired) electrons. The molecule has 4 rings (SSSR count). The Labute approximate surface area is 168 Å². The quantitative estimate of drug-likeness (QED) is 0.612. The van der Waals surface area contributed by atoms with Gasteiger partial charge in [0.1, 0.15) is 5.60 Å². The van der Waals surface area contributed by atoms with Crippen LogP contribution in [-0.4, -0.2) is 36.3 Å². The summed E-state index contributed by atoms with van der Waals surface area (Å²) < 4.78 is 12.8. The highest BCUT2D eigenvalue weighted by Gasteiger charge is 2.52. The normalized spacial score (nSPS) is 27.3. The number of hydrogen-bond donors (Lipinski definition) is 0. The van der Waals surface area contributed by atoms with Gasteiger partial charge >= 0.3 is 6.09 Å². The molecule has 4 nitrogen and oxygen atoms in total. The van der Waals surface area contributed by atoms with Gasteiger partial charge in [-0.25, -0.2) is 4.79 Å². The number of carbonyl (C=O) groups excluding carboxylic acids is 1. The topological polar surface area (TPSA) is 42.1 Å². The predicted octanol–water partition coefficient (Wildman–Crippen LogP) is 4.91.